The number of allylic oxidation sites excluding steroid dienone is 4. The highest BCUT2D eigenvalue weighted by atomic mass is 32.2. The summed E-state index contributed by atoms with van der Waals surface area (Å²) in [6.45, 7) is 1.91. The molecule has 1 aliphatic heterocycles. The normalized spacial score (nSPS) is 18.4. The van der Waals surface area contributed by atoms with Gasteiger partial charge >= 0.3 is 0 Å². The van der Waals surface area contributed by atoms with E-state index in [-0.39, 0.29) is 5.91 Å². The molecular formula is C13H18FN3OS. The molecular weight excluding hydrogens is 265 g/mol. The molecule has 4 nitrogen and oxygen atoms in total. The van der Waals surface area contributed by atoms with Crippen LogP contribution in [0.15, 0.2) is 39.9 Å². The summed E-state index contributed by atoms with van der Waals surface area (Å²) in [6.07, 6.45) is 7.18. The van der Waals surface area contributed by atoms with Crippen molar-refractivity contribution in [3.8, 4) is 0 Å². The van der Waals surface area contributed by atoms with E-state index in [4.69, 9.17) is 0 Å². The smallest absolute Gasteiger partial charge is 0.286 e. The predicted octanol–water partition coefficient (Wildman–Crippen LogP) is 2.73. The Balaban J connectivity index is 2.61. The van der Waals surface area contributed by atoms with E-state index in [2.05, 4.69) is 4.99 Å². The van der Waals surface area contributed by atoms with Crippen molar-refractivity contribution in [1.82, 2.24) is 10.0 Å². The molecule has 0 fully saturated rings. The van der Waals surface area contributed by atoms with Crippen LogP contribution < -0.4 is 0 Å². The zero-order chi connectivity index (χ0) is 14.4. The van der Waals surface area contributed by atoms with E-state index >= 15 is 0 Å². The lowest BCUT2D eigenvalue weighted by atomic mass is 10.2. The molecule has 0 spiro atoms. The van der Waals surface area contributed by atoms with Crippen LogP contribution in [0.2, 0.25) is 0 Å². The highest BCUT2D eigenvalue weighted by Gasteiger charge is 2.24. The second kappa shape index (κ2) is 7.13. The molecule has 1 aliphatic rings. The van der Waals surface area contributed by atoms with Gasteiger partial charge in [0.1, 0.15) is 0 Å². The first-order valence-corrected chi connectivity index (χ1v) is 6.63. The van der Waals surface area contributed by atoms with Crippen molar-refractivity contribution >= 4 is 22.8 Å². The molecule has 0 saturated carbocycles. The number of amidine groups is 1. The molecule has 19 heavy (non-hydrogen) atoms. The van der Waals surface area contributed by atoms with E-state index in [1.807, 2.05) is 32.0 Å². The van der Waals surface area contributed by atoms with Crippen molar-refractivity contribution in [3.63, 3.8) is 0 Å². The van der Waals surface area contributed by atoms with Gasteiger partial charge in [0, 0.05) is 27.3 Å². The quantitative estimate of drug-likeness (QED) is 0.451. The molecule has 0 bridgehead atoms. The van der Waals surface area contributed by atoms with E-state index in [1.54, 1.807) is 12.2 Å². The second-order valence-corrected chi connectivity index (χ2v) is 5.28. The number of carbonyl (C=O) groups is 1. The van der Waals surface area contributed by atoms with Crippen molar-refractivity contribution in [2.75, 3.05) is 21.1 Å². The third-order valence-corrected chi connectivity index (χ3v) is 3.68. The number of hydrogen-bond acceptors (Lipinski definition) is 4. The van der Waals surface area contributed by atoms with Gasteiger partial charge in [0.25, 0.3) is 5.91 Å². The molecule has 0 aromatic carbocycles. The lowest BCUT2D eigenvalue weighted by Gasteiger charge is -2.09. The van der Waals surface area contributed by atoms with E-state index in [0.717, 1.165) is 5.57 Å². The van der Waals surface area contributed by atoms with Crippen LogP contribution in [0.25, 0.3) is 0 Å². The molecule has 0 radical (unpaired) electrons. The summed E-state index contributed by atoms with van der Waals surface area (Å²) in [5.74, 6) is -0.182. The highest BCUT2D eigenvalue weighted by Crippen LogP contribution is 2.31. The largest absolute Gasteiger partial charge is 0.357 e. The SMILES string of the molecule is C/C(C/C=C\C=C/N(C)F)=C1\SC(N(C)C)=NC1=O. The Hall–Kier alpha value is -1.56. The minimum absolute atomic E-state index is 0.182. The number of carbonyl (C=O) groups excluding carboxylic acids is 1. The number of nitrogens with zero attached hydrogens (tertiary/aromatic N) is 3. The maximum absolute atomic E-state index is 12.3. The summed E-state index contributed by atoms with van der Waals surface area (Å²) < 4.78 is 12.3. The van der Waals surface area contributed by atoms with Crippen LogP contribution in [0.4, 0.5) is 4.48 Å². The van der Waals surface area contributed by atoms with Gasteiger partial charge in [-0.25, -0.2) is 5.12 Å². The average Bonchev–Trinajstić information content (AvgIpc) is 2.70. The molecule has 0 aromatic rings. The molecule has 0 saturated heterocycles. The summed E-state index contributed by atoms with van der Waals surface area (Å²) in [5.41, 5.74) is 0.967. The molecule has 0 unspecified atom stereocenters. The topological polar surface area (TPSA) is 35.9 Å². The van der Waals surface area contributed by atoms with Crippen LogP contribution in [-0.2, 0) is 4.79 Å². The lowest BCUT2D eigenvalue weighted by Crippen LogP contribution is -2.16. The van der Waals surface area contributed by atoms with Crippen molar-refractivity contribution in [1.29, 1.82) is 0 Å². The fourth-order valence-corrected chi connectivity index (χ4v) is 2.22. The lowest BCUT2D eigenvalue weighted by molar-refractivity contribution is -0.113. The molecule has 1 rings (SSSR count). The first-order valence-electron chi connectivity index (χ1n) is 5.81. The second-order valence-electron chi connectivity index (χ2n) is 4.30. The zero-order valence-corrected chi connectivity index (χ0v) is 12.4. The van der Waals surface area contributed by atoms with Gasteiger partial charge in [-0.05, 0) is 36.8 Å². The van der Waals surface area contributed by atoms with Gasteiger partial charge < -0.3 is 4.90 Å². The Morgan fingerprint density at radius 3 is 2.58 bits per heavy atom. The van der Waals surface area contributed by atoms with Crippen molar-refractivity contribution in [3.05, 3.63) is 34.9 Å². The maximum atomic E-state index is 12.3. The minimum Gasteiger partial charge on any atom is -0.357 e. The molecule has 0 aliphatic carbocycles. The summed E-state index contributed by atoms with van der Waals surface area (Å²) in [5, 5.41) is 1.19. The molecule has 1 amide bonds. The third-order valence-electron chi connectivity index (χ3n) is 2.32. The monoisotopic (exact) mass is 283 g/mol. The fourth-order valence-electron chi connectivity index (χ4n) is 1.34. The minimum atomic E-state index is -0.182. The summed E-state index contributed by atoms with van der Waals surface area (Å²) >= 11 is 1.39. The highest BCUT2D eigenvalue weighted by molar-refractivity contribution is 8.18. The number of aliphatic imine (C=N–C) groups is 1. The zero-order valence-electron chi connectivity index (χ0n) is 11.6. The van der Waals surface area contributed by atoms with Crippen LogP contribution in [0, 0.1) is 0 Å². The number of halogens is 1. The molecule has 1 heterocycles. The van der Waals surface area contributed by atoms with Gasteiger partial charge in [-0.1, -0.05) is 12.2 Å². The van der Waals surface area contributed by atoms with Gasteiger partial charge in [0.15, 0.2) is 5.17 Å². The Labute approximate surface area is 117 Å². The van der Waals surface area contributed by atoms with Crippen molar-refractivity contribution in [2.45, 2.75) is 13.3 Å². The van der Waals surface area contributed by atoms with Crippen LogP contribution in [0.1, 0.15) is 13.3 Å². The fraction of sp³-hybridized carbons (Fsp3) is 0.385. The number of rotatable bonds is 4. The summed E-state index contributed by atoms with van der Waals surface area (Å²) in [7, 11) is 5.02. The van der Waals surface area contributed by atoms with Gasteiger partial charge in [-0.15, -0.1) is 4.48 Å². The molecule has 6 heteroatoms. The Morgan fingerprint density at radius 2 is 2.05 bits per heavy atom. The van der Waals surface area contributed by atoms with E-state index in [1.165, 1.54) is 25.0 Å². The molecule has 0 atom stereocenters. The standard InChI is InChI=1S/C13H18FN3OS/c1-10(8-6-5-7-9-17(4)14)11-12(18)15-13(19-11)16(2)3/h5-7,9H,8H2,1-4H3/b6-5-,9-7-,11-10+. The Bertz CT molecular complexity index is 465. The first kappa shape index (κ1) is 15.5. The Kier molecular flexibility index (Phi) is 5.82. The van der Waals surface area contributed by atoms with Gasteiger partial charge in [-0.2, -0.15) is 4.99 Å². The van der Waals surface area contributed by atoms with E-state index in [9.17, 15) is 9.28 Å². The summed E-state index contributed by atoms with van der Waals surface area (Å²) in [4.78, 5) is 18.2. The van der Waals surface area contributed by atoms with Crippen LogP contribution in [-0.4, -0.2) is 42.2 Å². The average molecular weight is 283 g/mol. The van der Waals surface area contributed by atoms with Crippen molar-refractivity contribution < 1.29 is 9.28 Å². The molecule has 104 valence electrons. The Morgan fingerprint density at radius 1 is 1.37 bits per heavy atom. The van der Waals surface area contributed by atoms with Crippen molar-refractivity contribution in [2.24, 2.45) is 4.99 Å². The maximum Gasteiger partial charge on any atom is 0.286 e. The van der Waals surface area contributed by atoms with Crippen LogP contribution in [0.5, 0.6) is 0 Å². The van der Waals surface area contributed by atoms with Gasteiger partial charge in [-0.3, -0.25) is 4.79 Å². The predicted molar refractivity (Wildman–Crippen MR) is 78.2 cm³/mol. The first-order chi connectivity index (χ1) is 8.91. The van der Waals surface area contributed by atoms with Gasteiger partial charge in [0.2, 0.25) is 0 Å². The number of amides is 1. The van der Waals surface area contributed by atoms with Gasteiger partial charge in [0.05, 0.1) is 4.91 Å². The number of thioether (sulfide) groups is 1. The molecule has 0 aromatic heterocycles. The van der Waals surface area contributed by atoms with E-state index in [0.29, 0.717) is 21.6 Å². The summed E-state index contributed by atoms with van der Waals surface area (Å²) in [6, 6.07) is 0. The molecule has 0 N–H and O–H groups in total. The van der Waals surface area contributed by atoms with Crippen LogP contribution in [0.3, 0.4) is 0 Å². The van der Waals surface area contributed by atoms with Crippen LogP contribution >= 0.6 is 11.8 Å². The number of hydrogen-bond donors (Lipinski definition) is 0. The van der Waals surface area contributed by atoms with E-state index < -0.39 is 0 Å². The third kappa shape index (κ3) is 4.90.